The van der Waals surface area contributed by atoms with Crippen molar-refractivity contribution in [2.45, 2.75) is 26.7 Å². The van der Waals surface area contributed by atoms with E-state index in [-0.39, 0.29) is 5.84 Å². The predicted octanol–water partition coefficient (Wildman–Crippen LogP) is 2.21. The van der Waals surface area contributed by atoms with Crippen LogP contribution in [0.25, 0.3) is 0 Å². The predicted molar refractivity (Wildman–Crippen MR) is 64.1 cm³/mol. The molecule has 1 aromatic carbocycles. The Morgan fingerprint density at radius 1 is 1.31 bits per heavy atom. The first-order valence-corrected chi connectivity index (χ1v) is 5.29. The first-order chi connectivity index (χ1) is 7.61. The molecule has 88 valence electrons. The number of ether oxygens (including phenoxy) is 1. The van der Waals surface area contributed by atoms with Crippen LogP contribution >= 0.6 is 0 Å². The molecule has 0 aromatic heterocycles. The summed E-state index contributed by atoms with van der Waals surface area (Å²) in [7, 11) is 0. The molecule has 0 heterocycles. The number of amidine groups is 1. The maximum atomic E-state index is 8.35. The number of hydrogen-bond donors (Lipinski definition) is 2. The number of rotatable bonds is 5. The molecule has 0 bridgehead atoms. The molecular formula is C12H18N2O2. The molecule has 0 saturated heterocycles. The highest BCUT2D eigenvalue weighted by Gasteiger charge is 1.98. The standard InChI is InChI=1S/C12H18N2O2/c1-9-6-10(2)8-11(7-9)16-5-3-4-12(13)14-15/h6-8,15H,3-5H2,1-2H3,(H2,13,14). The van der Waals surface area contributed by atoms with Gasteiger partial charge in [-0.15, -0.1) is 0 Å². The summed E-state index contributed by atoms with van der Waals surface area (Å²) in [5, 5.41) is 11.2. The Morgan fingerprint density at radius 2 is 1.94 bits per heavy atom. The third-order valence-corrected chi connectivity index (χ3v) is 2.17. The van der Waals surface area contributed by atoms with Crippen molar-refractivity contribution in [3.8, 4) is 5.75 Å². The molecule has 4 nitrogen and oxygen atoms in total. The average molecular weight is 222 g/mol. The minimum Gasteiger partial charge on any atom is -0.494 e. The Hall–Kier alpha value is -1.71. The smallest absolute Gasteiger partial charge is 0.139 e. The molecule has 1 aromatic rings. The summed E-state index contributed by atoms with van der Waals surface area (Å²) in [4.78, 5) is 0. The molecule has 0 unspecified atom stereocenters. The van der Waals surface area contributed by atoms with Crippen LogP contribution in [-0.2, 0) is 0 Å². The van der Waals surface area contributed by atoms with Gasteiger partial charge in [-0.05, 0) is 43.5 Å². The molecule has 0 radical (unpaired) electrons. The van der Waals surface area contributed by atoms with E-state index < -0.39 is 0 Å². The van der Waals surface area contributed by atoms with Gasteiger partial charge in [0.2, 0.25) is 0 Å². The molecule has 0 aliphatic rings. The summed E-state index contributed by atoms with van der Waals surface area (Å²) in [5.41, 5.74) is 7.72. The summed E-state index contributed by atoms with van der Waals surface area (Å²) in [6.07, 6.45) is 1.28. The number of hydrogen-bond acceptors (Lipinski definition) is 3. The second kappa shape index (κ2) is 6.00. The Kier molecular flexibility index (Phi) is 4.64. The van der Waals surface area contributed by atoms with Crippen molar-refractivity contribution < 1.29 is 9.94 Å². The van der Waals surface area contributed by atoms with E-state index in [4.69, 9.17) is 15.7 Å². The fourth-order valence-electron chi connectivity index (χ4n) is 1.51. The van der Waals surface area contributed by atoms with Crippen LogP contribution in [0.5, 0.6) is 5.75 Å². The third-order valence-electron chi connectivity index (χ3n) is 2.17. The number of oxime groups is 1. The molecule has 0 amide bonds. The Bertz CT molecular complexity index is 355. The molecule has 0 aliphatic heterocycles. The Morgan fingerprint density at radius 3 is 2.50 bits per heavy atom. The quantitative estimate of drug-likeness (QED) is 0.264. The number of aryl methyl sites for hydroxylation is 2. The van der Waals surface area contributed by atoms with E-state index in [2.05, 4.69) is 11.2 Å². The Balaban J connectivity index is 2.37. The van der Waals surface area contributed by atoms with E-state index in [1.807, 2.05) is 26.0 Å². The summed E-state index contributed by atoms with van der Waals surface area (Å²) >= 11 is 0. The maximum Gasteiger partial charge on any atom is 0.139 e. The zero-order valence-corrected chi connectivity index (χ0v) is 9.73. The van der Waals surface area contributed by atoms with E-state index in [0.29, 0.717) is 13.0 Å². The SMILES string of the molecule is Cc1cc(C)cc(OCCC/C(N)=N/O)c1. The number of nitrogens with zero attached hydrogens (tertiary/aromatic N) is 1. The molecule has 16 heavy (non-hydrogen) atoms. The van der Waals surface area contributed by atoms with Crippen LogP contribution < -0.4 is 10.5 Å². The molecule has 0 spiro atoms. The summed E-state index contributed by atoms with van der Waals surface area (Å²) in [6.45, 7) is 4.64. The highest BCUT2D eigenvalue weighted by molar-refractivity contribution is 5.79. The fourth-order valence-corrected chi connectivity index (χ4v) is 1.51. The molecule has 0 atom stereocenters. The van der Waals surface area contributed by atoms with E-state index in [9.17, 15) is 0 Å². The molecule has 0 fully saturated rings. The van der Waals surface area contributed by atoms with Gasteiger partial charge < -0.3 is 15.7 Å². The van der Waals surface area contributed by atoms with Gasteiger partial charge in [-0.2, -0.15) is 0 Å². The lowest BCUT2D eigenvalue weighted by Crippen LogP contribution is -2.12. The normalized spacial score (nSPS) is 11.5. The van der Waals surface area contributed by atoms with Crippen LogP contribution in [0.15, 0.2) is 23.4 Å². The second-order valence-electron chi connectivity index (χ2n) is 3.87. The van der Waals surface area contributed by atoms with Crippen molar-refractivity contribution in [2.75, 3.05) is 6.61 Å². The van der Waals surface area contributed by atoms with Crippen LogP contribution in [0.3, 0.4) is 0 Å². The van der Waals surface area contributed by atoms with Crippen LogP contribution in [0.2, 0.25) is 0 Å². The lowest BCUT2D eigenvalue weighted by Gasteiger charge is -2.07. The maximum absolute atomic E-state index is 8.35. The van der Waals surface area contributed by atoms with Gasteiger partial charge in [0.05, 0.1) is 6.61 Å². The van der Waals surface area contributed by atoms with E-state index in [0.717, 1.165) is 12.2 Å². The molecule has 1 rings (SSSR count). The molecule has 3 N–H and O–H groups in total. The zero-order chi connectivity index (χ0) is 12.0. The van der Waals surface area contributed by atoms with Gasteiger partial charge in [0.1, 0.15) is 11.6 Å². The summed E-state index contributed by atoms with van der Waals surface area (Å²) in [5.74, 6) is 1.11. The van der Waals surface area contributed by atoms with E-state index in [1.54, 1.807) is 0 Å². The van der Waals surface area contributed by atoms with Gasteiger partial charge in [-0.3, -0.25) is 0 Å². The first-order valence-electron chi connectivity index (χ1n) is 5.29. The lowest BCUT2D eigenvalue weighted by molar-refractivity contribution is 0.305. The van der Waals surface area contributed by atoms with E-state index >= 15 is 0 Å². The molecule has 0 saturated carbocycles. The minimum absolute atomic E-state index is 0.240. The average Bonchev–Trinajstić information content (AvgIpc) is 2.22. The van der Waals surface area contributed by atoms with Gasteiger partial charge >= 0.3 is 0 Å². The topological polar surface area (TPSA) is 67.8 Å². The molecule has 4 heteroatoms. The third kappa shape index (κ3) is 4.21. The minimum atomic E-state index is 0.240. The second-order valence-corrected chi connectivity index (χ2v) is 3.87. The summed E-state index contributed by atoms with van der Waals surface area (Å²) < 4.78 is 5.57. The van der Waals surface area contributed by atoms with Crippen molar-refractivity contribution >= 4 is 5.84 Å². The van der Waals surface area contributed by atoms with Crippen molar-refractivity contribution in [1.82, 2.24) is 0 Å². The van der Waals surface area contributed by atoms with Crippen molar-refractivity contribution in [2.24, 2.45) is 10.9 Å². The molecule has 0 aliphatic carbocycles. The van der Waals surface area contributed by atoms with Gasteiger partial charge in [0.15, 0.2) is 0 Å². The van der Waals surface area contributed by atoms with Crippen molar-refractivity contribution in [3.05, 3.63) is 29.3 Å². The Labute approximate surface area is 95.7 Å². The van der Waals surface area contributed by atoms with Gasteiger partial charge in [-0.25, -0.2) is 0 Å². The monoisotopic (exact) mass is 222 g/mol. The summed E-state index contributed by atoms with van der Waals surface area (Å²) in [6, 6.07) is 6.09. The largest absolute Gasteiger partial charge is 0.494 e. The van der Waals surface area contributed by atoms with Crippen molar-refractivity contribution in [3.63, 3.8) is 0 Å². The highest BCUT2D eigenvalue weighted by Crippen LogP contribution is 2.16. The molecular weight excluding hydrogens is 204 g/mol. The van der Waals surface area contributed by atoms with Gasteiger partial charge in [0, 0.05) is 6.42 Å². The van der Waals surface area contributed by atoms with Crippen LogP contribution in [0.1, 0.15) is 24.0 Å². The highest BCUT2D eigenvalue weighted by atomic mass is 16.5. The van der Waals surface area contributed by atoms with Gasteiger partial charge in [0.25, 0.3) is 0 Å². The van der Waals surface area contributed by atoms with E-state index in [1.165, 1.54) is 11.1 Å². The fraction of sp³-hybridized carbons (Fsp3) is 0.417. The first kappa shape index (κ1) is 12.4. The van der Waals surface area contributed by atoms with Crippen molar-refractivity contribution in [1.29, 1.82) is 0 Å². The number of benzene rings is 1. The lowest BCUT2D eigenvalue weighted by atomic mass is 10.1. The van der Waals surface area contributed by atoms with Crippen LogP contribution in [-0.4, -0.2) is 17.6 Å². The number of nitrogens with two attached hydrogens (primary N) is 1. The van der Waals surface area contributed by atoms with Crippen LogP contribution in [0, 0.1) is 13.8 Å². The zero-order valence-electron chi connectivity index (χ0n) is 9.73. The van der Waals surface area contributed by atoms with Crippen LogP contribution in [0.4, 0.5) is 0 Å². The van der Waals surface area contributed by atoms with Gasteiger partial charge in [-0.1, -0.05) is 11.2 Å².